The zero-order valence-electron chi connectivity index (χ0n) is 12.2. The van der Waals surface area contributed by atoms with Gasteiger partial charge >= 0.3 is 0 Å². The highest BCUT2D eigenvalue weighted by atomic mass is 127. The summed E-state index contributed by atoms with van der Waals surface area (Å²) in [5, 5.41) is 6.14. The van der Waals surface area contributed by atoms with Crippen molar-refractivity contribution in [1.29, 1.82) is 0 Å². The molecule has 1 aliphatic rings. The zero-order chi connectivity index (χ0) is 14.1. The second-order valence-corrected chi connectivity index (χ2v) is 6.99. The highest BCUT2D eigenvalue weighted by Gasteiger charge is 2.15. The molecule has 1 aliphatic heterocycles. The molecule has 0 saturated carbocycles. The van der Waals surface area contributed by atoms with E-state index in [1.165, 1.54) is 0 Å². The lowest BCUT2D eigenvalue weighted by Gasteiger charge is -2.12. The summed E-state index contributed by atoms with van der Waals surface area (Å²) in [7, 11) is -2.93. The van der Waals surface area contributed by atoms with Crippen LogP contribution in [0.5, 0.6) is 0 Å². The van der Waals surface area contributed by atoms with Gasteiger partial charge in [-0.15, -0.1) is 24.0 Å². The SMILES string of the molecule is CCNC(=NCC1CCCO1)NCCS(=O)(=O)CC.I. The lowest BCUT2D eigenvalue weighted by atomic mass is 10.2. The minimum Gasteiger partial charge on any atom is -0.376 e. The Balaban J connectivity index is 0.00000361. The molecule has 8 heteroatoms. The molecule has 0 bridgehead atoms. The van der Waals surface area contributed by atoms with E-state index in [1.54, 1.807) is 6.92 Å². The van der Waals surface area contributed by atoms with E-state index in [1.807, 2.05) is 6.92 Å². The Bertz CT molecular complexity index is 381. The van der Waals surface area contributed by atoms with E-state index in [4.69, 9.17) is 4.74 Å². The normalized spacial score (nSPS) is 19.5. The predicted molar refractivity (Wildman–Crippen MR) is 92.7 cm³/mol. The van der Waals surface area contributed by atoms with Gasteiger partial charge in [0.15, 0.2) is 15.8 Å². The zero-order valence-corrected chi connectivity index (χ0v) is 15.4. The van der Waals surface area contributed by atoms with Gasteiger partial charge in [0, 0.05) is 25.4 Å². The summed E-state index contributed by atoms with van der Waals surface area (Å²) in [6, 6.07) is 0. The number of nitrogens with one attached hydrogen (secondary N) is 2. The van der Waals surface area contributed by atoms with Crippen LogP contribution in [0.1, 0.15) is 26.7 Å². The first-order valence-corrected chi connectivity index (χ1v) is 8.73. The number of hydrogen-bond acceptors (Lipinski definition) is 4. The maximum Gasteiger partial charge on any atom is 0.191 e. The molecule has 0 spiro atoms. The highest BCUT2D eigenvalue weighted by molar-refractivity contribution is 14.0. The fourth-order valence-electron chi connectivity index (χ4n) is 1.79. The molecule has 1 unspecified atom stereocenters. The van der Waals surface area contributed by atoms with E-state index in [0.717, 1.165) is 26.0 Å². The molecular formula is C12H26IN3O3S. The molecule has 120 valence electrons. The van der Waals surface area contributed by atoms with Crippen LogP contribution in [0.4, 0.5) is 0 Å². The first-order valence-electron chi connectivity index (χ1n) is 6.91. The average molecular weight is 419 g/mol. The van der Waals surface area contributed by atoms with Crippen LogP contribution in [0.25, 0.3) is 0 Å². The van der Waals surface area contributed by atoms with E-state index in [-0.39, 0.29) is 41.6 Å². The minimum absolute atomic E-state index is 0. The summed E-state index contributed by atoms with van der Waals surface area (Å²) in [6.45, 7) is 6.21. The van der Waals surface area contributed by atoms with Gasteiger partial charge in [-0.05, 0) is 19.8 Å². The Morgan fingerprint density at radius 3 is 2.65 bits per heavy atom. The van der Waals surface area contributed by atoms with Crippen LogP contribution >= 0.6 is 24.0 Å². The van der Waals surface area contributed by atoms with Crippen molar-refractivity contribution in [3.63, 3.8) is 0 Å². The Hall–Kier alpha value is -0.0900. The van der Waals surface area contributed by atoms with Gasteiger partial charge < -0.3 is 15.4 Å². The van der Waals surface area contributed by atoms with E-state index in [9.17, 15) is 8.42 Å². The van der Waals surface area contributed by atoms with Crippen molar-refractivity contribution < 1.29 is 13.2 Å². The van der Waals surface area contributed by atoms with Crippen LogP contribution in [0.2, 0.25) is 0 Å². The summed E-state index contributed by atoms with van der Waals surface area (Å²) in [6.07, 6.45) is 2.35. The molecule has 6 nitrogen and oxygen atoms in total. The molecule has 0 amide bonds. The Morgan fingerprint density at radius 1 is 1.35 bits per heavy atom. The number of halogens is 1. The predicted octanol–water partition coefficient (Wildman–Crippen LogP) is 0.773. The fourth-order valence-corrected chi connectivity index (χ4v) is 2.49. The molecule has 1 rings (SSSR count). The Kier molecular flexibility index (Phi) is 10.6. The van der Waals surface area contributed by atoms with Crippen LogP contribution in [0, 0.1) is 0 Å². The number of sulfone groups is 1. The van der Waals surface area contributed by atoms with E-state index < -0.39 is 9.84 Å². The van der Waals surface area contributed by atoms with Crippen LogP contribution in [-0.2, 0) is 14.6 Å². The molecule has 1 saturated heterocycles. The maximum atomic E-state index is 11.4. The third kappa shape index (κ3) is 8.25. The molecule has 0 aromatic carbocycles. The highest BCUT2D eigenvalue weighted by Crippen LogP contribution is 2.11. The summed E-state index contributed by atoms with van der Waals surface area (Å²) in [5.74, 6) is 0.968. The summed E-state index contributed by atoms with van der Waals surface area (Å²) in [5.41, 5.74) is 0. The van der Waals surface area contributed by atoms with Gasteiger partial charge in [0.1, 0.15) is 0 Å². The number of guanidine groups is 1. The third-order valence-corrected chi connectivity index (χ3v) is 4.67. The van der Waals surface area contributed by atoms with E-state index >= 15 is 0 Å². The summed E-state index contributed by atoms with van der Waals surface area (Å²) in [4.78, 5) is 4.42. The van der Waals surface area contributed by atoms with Crippen molar-refractivity contribution in [2.45, 2.75) is 32.8 Å². The molecule has 20 heavy (non-hydrogen) atoms. The first kappa shape index (κ1) is 19.9. The lowest BCUT2D eigenvalue weighted by molar-refractivity contribution is 0.117. The van der Waals surface area contributed by atoms with Gasteiger partial charge in [0.2, 0.25) is 0 Å². The van der Waals surface area contributed by atoms with Crippen molar-refractivity contribution in [1.82, 2.24) is 10.6 Å². The van der Waals surface area contributed by atoms with Gasteiger partial charge in [0.05, 0.1) is 18.4 Å². The van der Waals surface area contributed by atoms with Gasteiger partial charge in [0.25, 0.3) is 0 Å². The van der Waals surface area contributed by atoms with Gasteiger partial charge in [-0.3, -0.25) is 4.99 Å². The topological polar surface area (TPSA) is 79.8 Å². The molecule has 1 fully saturated rings. The van der Waals surface area contributed by atoms with Crippen LogP contribution < -0.4 is 10.6 Å². The van der Waals surface area contributed by atoms with Crippen molar-refractivity contribution in [2.75, 3.05) is 37.7 Å². The monoisotopic (exact) mass is 419 g/mol. The Labute approximate surface area is 139 Å². The molecule has 1 atom stereocenters. The third-order valence-electron chi connectivity index (χ3n) is 2.97. The average Bonchev–Trinajstić information content (AvgIpc) is 2.89. The van der Waals surface area contributed by atoms with E-state index in [2.05, 4.69) is 15.6 Å². The van der Waals surface area contributed by atoms with Crippen LogP contribution in [-0.4, -0.2) is 58.2 Å². The van der Waals surface area contributed by atoms with E-state index in [0.29, 0.717) is 19.0 Å². The minimum atomic E-state index is -2.93. The largest absolute Gasteiger partial charge is 0.376 e. The number of rotatable bonds is 7. The maximum absolute atomic E-state index is 11.4. The van der Waals surface area contributed by atoms with Crippen molar-refractivity contribution in [3.05, 3.63) is 0 Å². The van der Waals surface area contributed by atoms with Gasteiger partial charge in [-0.2, -0.15) is 0 Å². The molecule has 0 radical (unpaired) electrons. The molecule has 2 N–H and O–H groups in total. The standard InChI is InChI=1S/C12H25N3O3S.HI/c1-3-13-12(14-7-9-19(16,17)4-2)15-10-11-6-5-8-18-11;/h11H,3-10H2,1-2H3,(H2,13,14,15);1H. The molecular weight excluding hydrogens is 393 g/mol. The smallest absolute Gasteiger partial charge is 0.191 e. The number of aliphatic imine (C=N–C) groups is 1. The Morgan fingerprint density at radius 2 is 2.10 bits per heavy atom. The molecule has 0 aliphatic carbocycles. The fraction of sp³-hybridized carbons (Fsp3) is 0.917. The lowest BCUT2D eigenvalue weighted by Crippen LogP contribution is -2.40. The number of ether oxygens (including phenoxy) is 1. The number of nitrogens with zero attached hydrogens (tertiary/aromatic N) is 1. The molecule has 0 aromatic rings. The summed E-state index contributed by atoms with van der Waals surface area (Å²) < 4.78 is 28.3. The quantitative estimate of drug-likeness (QED) is 0.362. The summed E-state index contributed by atoms with van der Waals surface area (Å²) >= 11 is 0. The number of hydrogen-bond donors (Lipinski definition) is 2. The van der Waals surface area contributed by atoms with Crippen LogP contribution in [0.15, 0.2) is 4.99 Å². The molecule has 1 heterocycles. The van der Waals surface area contributed by atoms with Crippen molar-refractivity contribution in [3.8, 4) is 0 Å². The van der Waals surface area contributed by atoms with Crippen molar-refractivity contribution >= 4 is 39.8 Å². The van der Waals surface area contributed by atoms with Gasteiger partial charge in [-0.25, -0.2) is 8.42 Å². The van der Waals surface area contributed by atoms with Gasteiger partial charge in [-0.1, -0.05) is 6.92 Å². The molecule has 0 aromatic heterocycles. The second-order valence-electron chi connectivity index (χ2n) is 4.52. The first-order chi connectivity index (χ1) is 9.07. The van der Waals surface area contributed by atoms with Crippen molar-refractivity contribution in [2.24, 2.45) is 4.99 Å². The van der Waals surface area contributed by atoms with Crippen LogP contribution in [0.3, 0.4) is 0 Å². The second kappa shape index (κ2) is 10.6.